The lowest BCUT2D eigenvalue weighted by Gasteiger charge is -2.34. The van der Waals surface area contributed by atoms with Gasteiger partial charge in [0.2, 0.25) is 0 Å². The number of carbonyl (C=O) groups is 1. The highest BCUT2D eigenvalue weighted by Crippen LogP contribution is 2.33. The lowest BCUT2D eigenvalue weighted by molar-refractivity contribution is 0.0195. The second-order valence-corrected chi connectivity index (χ2v) is 15.7. The van der Waals surface area contributed by atoms with E-state index in [1.54, 1.807) is 19.1 Å². The minimum atomic E-state index is -0.495. The molecule has 4 heterocycles. The minimum Gasteiger partial charge on any atom is -0.444 e. The number of likely N-dealkylation sites (tertiary alicyclic amines) is 1. The summed E-state index contributed by atoms with van der Waals surface area (Å²) < 4.78 is 20.6. The Morgan fingerprint density at radius 3 is 1.85 bits per heavy atom. The molecule has 2 saturated heterocycles. The van der Waals surface area contributed by atoms with Crippen LogP contribution < -0.4 is 5.32 Å². The van der Waals surface area contributed by atoms with Gasteiger partial charge in [0.1, 0.15) is 28.3 Å². The van der Waals surface area contributed by atoms with Gasteiger partial charge in [-0.15, -0.1) is 23.2 Å². The third kappa shape index (κ3) is 11.6. The molecular formula is C38H54Cl4N6O4. The highest BCUT2D eigenvalue weighted by molar-refractivity contribution is 6.40. The van der Waals surface area contributed by atoms with E-state index in [4.69, 9.17) is 70.6 Å². The number of hydrogen-bond donors (Lipinski definition) is 1. The van der Waals surface area contributed by atoms with Gasteiger partial charge in [-0.3, -0.25) is 0 Å². The zero-order chi connectivity index (χ0) is 37.7. The molecule has 10 nitrogen and oxygen atoms in total. The molecule has 2 aliphatic rings. The van der Waals surface area contributed by atoms with Gasteiger partial charge in [-0.05, 0) is 90.1 Å². The zero-order valence-corrected chi connectivity index (χ0v) is 34.1. The molecule has 2 aliphatic heterocycles. The molecule has 14 heteroatoms. The average Bonchev–Trinajstić information content (AvgIpc) is 3.69. The Bertz CT molecular complexity index is 1700. The highest BCUT2D eigenvalue weighted by Gasteiger charge is 2.31. The largest absolute Gasteiger partial charge is 0.444 e. The maximum atomic E-state index is 12.6. The average molecular weight is 801 g/mol. The fourth-order valence-corrected chi connectivity index (χ4v) is 7.26. The van der Waals surface area contributed by atoms with Crippen LogP contribution in [0.4, 0.5) is 4.79 Å². The van der Waals surface area contributed by atoms with E-state index in [0.29, 0.717) is 24.1 Å². The molecule has 0 aliphatic carbocycles. The molecule has 4 aromatic rings. The number of aromatic nitrogens is 4. The van der Waals surface area contributed by atoms with E-state index in [1.807, 2.05) is 45.0 Å². The Balaban J connectivity index is 0.000000224. The number of amides is 1. The van der Waals surface area contributed by atoms with E-state index in [9.17, 15) is 4.79 Å². The molecule has 0 radical (unpaired) electrons. The van der Waals surface area contributed by atoms with Crippen molar-refractivity contribution in [3.63, 3.8) is 0 Å². The normalized spacial score (nSPS) is 17.8. The molecule has 0 saturated carbocycles. The predicted octanol–water partition coefficient (Wildman–Crippen LogP) is 9.46. The standard InChI is InChI=1S/C21H30ClN3O3.C16H22ClN3O.CH2Cl2/c1-21(2,3)28-20(26)24-11-6-8-15(14-24)19-23-18-16(22)9-5-10-17(18)25(19)12-7-13-27-4;1-21-10-4-9-20-14-7-2-6-13(17)15(14)19-16(20)12-5-3-8-18-11-12;2-1-3/h5,9-10,15H,6-8,11-14H2,1-4H3;2,6-7,12,18H,3-5,8-11H2,1H3;1H2/t15-;12-;/m11./s1. The number of halogens is 4. The maximum absolute atomic E-state index is 12.6. The van der Waals surface area contributed by atoms with E-state index in [0.717, 1.165) is 97.9 Å². The fourth-order valence-electron chi connectivity index (χ4n) is 6.84. The minimum absolute atomic E-state index is 0.160. The first-order valence-corrected chi connectivity index (χ1v) is 19.9. The van der Waals surface area contributed by atoms with E-state index in [2.05, 4.69) is 26.6 Å². The number of ether oxygens (including phenoxy) is 3. The molecule has 2 fully saturated rings. The number of alkyl halides is 2. The van der Waals surface area contributed by atoms with Crippen LogP contribution in [-0.4, -0.2) is 94.6 Å². The third-order valence-electron chi connectivity index (χ3n) is 9.08. The number of carbonyl (C=O) groups excluding carboxylic acids is 1. The molecule has 288 valence electrons. The van der Waals surface area contributed by atoms with Gasteiger partial charge in [0.25, 0.3) is 0 Å². The van der Waals surface area contributed by atoms with Crippen molar-refractivity contribution < 1.29 is 19.0 Å². The van der Waals surface area contributed by atoms with Gasteiger partial charge in [0.15, 0.2) is 0 Å². The number of rotatable bonds is 10. The van der Waals surface area contributed by atoms with Gasteiger partial charge >= 0.3 is 6.09 Å². The molecule has 0 spiro atoms. The third-order valence-corrected chi connectivity index (χ3v) is 9.69. The summed E-state index contributed by atoms with van der Waals surface area (Å²) in [6.45, 7) is 12.3. The molecule has 6 rings (SSSR count). The molecule has 2 aromatic heterocycles. The van der Waals surface area contributed by atoms with Crippen LogP contribution in [0.25, 0.3) is 22.1 Å². The lowest BCUT2D eigenvalue weighted by atomic mass is 9.97. The number of aryl methyl sites for hydroxylation is 2. The van der Waals surface area contributed by atoms with E-state index in [1.165, 1.54) is 18.7 Å². The zero-order valence-electron chi connectivity index (χ0n) is 31.1. The lowest BCUT2D eigenvalue weighted by Crippen LogP contribution is -2.42. The first-order chi connectivity index (χ1) is 25.0. The molecule has 1 amide bonds. The summed E-state index contributed by atoms with van der Waals surface area (Å²) in [5, 5.41) is 5.07. The van der Waals surface area contributed by atoms with Gasteiger partial charge in [0.05, 0.1) is 26.4 Å². The van der Waals surface area contributed by atoms with Crippen LogP contribution in [0.3, 0.4) is 0 Å². The number of benzene rings is 2. The number of nitrogens with zero attached hydrogens (tertiary/aromatic N) is 5. The number of methoxy groups -OCH3 is 2. The van der Waals surface area contributed by atoms with Crippen molar-refractivity contribution >= 4 is 74.6 Å². The monoisotopic (exact) mass is 798 g/mol. The second-order valence-electron chi connectivity index (χ2n) is 14.1. The molecule has 2 aromatic carbocycles. The maximum Gasteiger partial charge on any atom is 0.410 e. The quantitative estimate of drug-likeness (QED) is 0.126. The number of nitrogens with one attached hydrogen (secondary N) is 1. The summed E-state index contributed by atoms with van der Waals surface area (Å²) in [6.07, 6.45) is 5.95. The number of para-hydroxylation sites is 2. The Hall–Kier alpha value is -2.31. The van der Waals surface area contributed by atoms with Gasteiger partial charge in [-0.25, -0.2) is 14.8 Å². The van der Waals surface area contributed by atoms with Crippen LogP contribution in [0.1, 0.15) is 82.8 Å². The van der Waals surface area contributed by atoms with E-state index >= 15 is 0 Å². The van der Waals surface area contributed by atoms with Crippen molar-refractivity contribution in [3.8, 4) is 0 Å². The van der Waals surface area contributed by atoms with Crippen molar-refractivity contribution in [2.24, 2.45) is 0 Å². The van der Waals surface area contributed by atoms with Crippen LogP contribution in [0, 0.1) is 0 Å². The Morgan fingerprint density at radius 2 is 1.37 bits per heavy atom. The highest BCUT2D eigenvalue weighted by atomic mass is 35.5. The molecule has 2 atom stereocenters. The molecule has 1 N–H and O–H groups in total. The first kappa shape index (κ1) is 42.4. The predicted molar refractivity (Wildman–Crippen MR) is 214 cm³/mol. The van der Waals surface area contributed by atoms with Crippen molar-refractivity contribution in [2.75, 3.05) is 59.0 Å². The Kier molecular flexibility index (Phi) is 17.1. The Labute approximate surface area is 328 Å². The van der Waals surface area contributed by atoms with Crippen LogP contribution >= 0.6 is 46.4 Å². The van der Waals surface area contributed by atoms with E-state index in [-0.39, 0.29) is 17.4 Å². The first-order valence-electron chi connectivity index (χ1n) is 18.1. The van der Waals surface area contributed by atoms with Crippen LogP contribution in [0.2, 0.25) is 10.0 Å². The number of fused-ring (bicyclic) bond motifs is 2. The summed E-state index contributed by atoms with van der Waals surface area (Å²) in [5.74, 6) is 2.80. The summed E-state index contributed by atoms with van der Waals surface area (Å²) in [6, 6.07) is 11.9. The van der Waals surface area contributed by atoms with Crippen molar-refractivity contribution in [1.82, 2.24) is 29.3 Å². The molecule has 0 unspecified atom stereocenters. The fraction of sp³-hybridized carbons (Fsp3) is 0.605. The van der Waals surface area contributed by atoms with Crippen LogP contribution in [-0.2, 0) is 27.3 Å². The van der Waals surface area contributed by atoms with E-state index < -0.39 is 5.60 Å². The molecule has 52 heavy (non-hydrogen) atoms. The van der Waals surface area contributed by atoms with Gasteiger partial charge < -0.3 is 33.6 Å². The van der Waals surface area contributed by atoms with Crippen molar-refractivity contribution in [3.05, 3.63) is 58.1 Å². The Morgan fingerprint density at radius 1 is 0.846 bits per heavy atom. The van der Waals surface area contributed by atoms with Crippen LogP contribution in [0.15, 0.2) is 36.4 Å². The van der Waals surface area contributed by atoms with Crippen molar-refractivity contribution in [1.29, 1.82) is 0 Å². The van der Waals surface area contributed by atoms with Gasteiger partial charge in [-0.1, -0.05) is 35.3 Å². The van der Waals surface area contributed by atoms with Crippen LogP contribution in [0.5, 0.6) is 0 Å². The number of imidazole rings is 2. The van der Waals surface area contributed by atoms with Gasteiger partial charge in [-0.2, -0.15) is 0 Å². The topological polar surface area (TPSA) is 95.7 Å². The summed E-state index contributed by atoms with van der Waals surface area (Å²) >= 11 is 22.3. The smallest absolute Gasteiger partial charge is 0.410 e. The van der Waals surface area contributed by atoms with Gasteiger partial charge in [0, 0.05) is 72.0 Å². The number of piperidine rings is 2. The molecular weight excluding hydrogens is 746 g/mol. The second kappa shape index (κ2) is 21.0. The summed E-state index contributed by atoms with van der Waals surface area (Å²) in [7, 11) is 3.46. The molecule has 0 bridgehead atoms. The SMILES string of the molecule is COCCCn1c([C@@H]2CCCN(C(=O)OC(C)(C)C)C2)nc2c(Cl)cccc21.COCCCn1c([C@@H]2CCCNC2)nc2c(Cl)cccc21.ClCCl. The van der Waals surface area contributed by atoms with Crippen molar-refractivity contribution in [2.45, 2.75) is 89.8 Å². The number of hydrogen-bond acceptors (Lipinski definition) is 7. The summed E-state index contributed by atoms with van der Waals surface area (Å²) in [5.41, 5.74) is 3.43. The summed E-state index contributed by atoms with van der Waals surface area (Å²) in [4.78, 5) is 24.1.